The predicted octanol–water partition coefficient (Wildman–Crippen LogP) is 1.60. The first-order valence-electron chi connectivity index (χ1n) is 8.32. The standard InChI is InChI=1S/C17H21N5O3/c1-11(2)7-15(24)21-16-13-3-4-14(22(13)20-10-19-16)17(9-18)6-5-12(8-23)25-17/h3-4,10-12,23H,5-8H2,1-2H3,(H,19,20,21,24). The molecule has 8 heteroatoms. The quantitative estimate of drug-likeness (QED) is 0.853. The van der Waals surface area contributed by atoms with Gasteiger partial charge >= 0.3 is 0 Å². The normalized spacial score (nSPS) is 23.1. The number of rotatable bonds is 5. The minimum Gasteiger partial charge on any atom is -0.394 e. The third kappa shape index (κ3) is 3.21. The van der Waals surface area contributed by atoms with E-state index in [-0.39, 0.29) is 24.5 Å². The summed E-state index contributed by atoms with van der Waals surface area (Å²) in [6.45, 7) is 3.81. The van der Waals surface area contributed by atoms with Gasteiger partial charge in [0, 0.05) is 6.42 Å². The lowest BCUT2D eigenvalue weighted by atomic mass is 9.98. The first kappa shape index (κ1) is 17.3. The van der Waals surface area contributed by atoms with Crippen LogP contribution in [0.4, 0.5) is 5.82 Å². The third-order valence-corrected chi connectivity index (χ3v) is 4.29. The van der Waals surface area contributed by atoms with Gasteiger partial charge < -0.3 is 15.2 Å². The number of aliphatic hydroxyl groups excluding tert-OH is 1. The van der Waals surface area contributed by atoms with Gasteiger partial charge in [-0.1, -0.05) is 13.8 Å². The summed E-state index contributed by atoms with van der Waals surface area (Å²) >= 11 is 0. The van der Waals surface area contributed by atoms with Crippen molar-refractivity contribution in [3.8, 4) is 6.07 Å². The smallest absolute Gasteiger partial charge is 0.225 e. The van der Waals surface area contributed by atoms with E-state index < -0.39 is 5.60 Å². The molecule has 2 atom stereocenters. The van der Waals surface area contributed by atoms with Crippen LogP contribution in [-0.4, -0.2) is 38.3 Å². The number of hydrogen-bond acceptors (Lipinski definition) is 6. The van der Waals surface area contributed by atoms with Gasteiger partial charge in [-0.3, -0.25) is 4.79 Å². The lowest BCUT2D eigenvalue weighted by Crippen LogP contribution is -2.28. The summed E-state index contributed by atoms with van der Waals surface area (Å²) in [4.78, 5) is 16.2. The number of carbonyl (C=O) groups is 1. The van der Waals surface area contributed by atoms with E-state index in [0.29, 0.717) is 36.3 Å². The van der Waals surface area contributed by atoms with E-state index in [9.17, 15) is 15.2 Å². The van der Waals surface area contributed by atoms with Crippen LogP contribution in [0.15, 0.2) is 18.5 Å². The van der Waals surface area contributed by atoms with Crippen LogP contribution >= 0.6 is 0 Å². The summed E-state index contributed by atoms with van der Waals surface area (Å²) < 4.78 is 7.36. The predicted molar refractivity (Wildman–Crippen MR) is 89.6 cm³/mol. The van der Waals surface area contributed by atoms with Gasteiger partial charge in [-0.05, 0) is 30.9 Å². The number of amides is 1. The fourth-order valence-electron chi connectivity index (χ4n) is 3.11. The Labute approximate surface area is 145 Å². The van der Waals surface area contributed by atoms with Crippen LogP contribution in [0.3, 0.4) is 0 Å². The van der Waals surface area contributed by atoms with Crippen molar-refractivity contribution < 1.29 is 14.6 Å². The SMILES string of the molecule is CC(C)CC(=O)Nc1ncnn2c(C3(C#N)CCC(CO)O3)ccc12. The minimum absolute atomic E-state index is 0.120. The Morgan fingerprint density at radius 1 is 1.60 bits per heavy atom. The fraction of sp³-hybridized carbons (Fsp3) is 0.529. The van der Waals surface area contributed by atoms with Crippen molar-refractivity contribution >= 4 is 17.2 Å². The molecule has 2 unspecified atom stereocenters. The molecule has 132 valence electrons. The molecule has 0 radical (unpaired) electrons. The number of ether oxygens (including phenoxy) is 1. The Hall–Kier alpha value is -2.50. The second-order valence-corrected chi connectivity index (χ2v) is 6.67. The van der Waals surface area contributed by atoms with Gasteiger partial charge in [0.05, 0.1) is 18.4 Å². The van der Waals surface area contributed by atoms with Crippen molar-refractivity contribution in [2.45, 2.75) is 44.8 Å². The highest BCUT2D eigenvalue weighted by atomic mass is 16.5. The van der Waals surface area contributed by atoms with Crippen LogP contribution in [0, 0.1) is 17.2 Å². The van der Waals surface area contributed by atoms with E-state index in [1.54, 1.807) is 16.6 Å². The maximum atomic E-state index is 12.0. The monoisotopic (exact) mass is 343 g/mol. The van der Waals surface area contributed by atoms with Gasteiger partial charge in [-0.25, -0.2) is 9.50 Å². The highest BCUT2D eigenvalue weighted by molar-refractivity contribution is 5.93. The zero-order chi connectivity index (χ0) is 18.0. The van der Waals surface area contributed by atoms with Crippen LogP contribution in [0.25, 0.3) is 5.52 Å². The largest absolute Gasteiger partial charge is 0.394 e. The second kappa shape index (κ2) is 6.78. The molecule has 1 fully saturated rings. The minimum atomic E-state index is -1.16. The van der Waals surface area contributed by atoms with E-state index >= 15 is 0 Å². The summed E-state index contributed by atoms with van der Waals surface area (Å²) in [5.74, 6) is 0.520. The van der Waals surface area contributed by atoms with Gasteiger partial charge in [-0.15, -0.1) is 0 Å². The molecule has 0 aromatic carbocycles. The van der Waals surface area contributed by atoms with Crippen molar-refractivity contribution in [1.82, 2.24) is 14.6 Å². The number of hydrogen-bond donors (Lipinski definition) is 2. The van der Waals surface area contributed by atoms with Crippen molar-refractivity contribution in [1.29, 1.82) is 5.26 Å². The van der Waals surface area contributed by atoms with Crippen LogP contribution in [0.5, 0.6) is 0 Å². The lowest BCUT2D eigenvalue weighted by molar-refractivity contribution is -0.116. The van der Waals surface area contributed by atoms with Gasteiger partial charge in [0.25, 0.3) is 0 Å². The second-order valence-electron chi connectivity index (χ2n) is 6.67. The van der Waals surface area contributed by atoms with Gasteiger partial charge in [0.2, 0.25) is 5.91 Å². The van der Waals surface area contributed by atoms with E-state index in [2.05, 4.69) is 21.5 Å². The number of anilines is 1. The molecule has 1 aliphatic rings. The van der Waals surface area contributed by atoms with Crippen molar-refractivity contribution in [2.24, 2.45) is 5.92 Å². The molecule has 2 N–H and O–H groups in total. The van der Waals surface area contributed by atoms with E-state index in [1.807, 2.05) is 13.8 Å². The molecule has 3 heterocycles. The number of nitrogens with one attached hydrogen (secondary N) is 1. The number of nitrogens with zero attached hydrogens (tertiary/aromatic N) is 4. The van der Waals surface area contributed by atoms with Crippen LogP contribution in [-0.2, 0) is 15.1 Å². The lowest BCUT2D eigenvalue weighted by Gasteiger charge is -2.21. The zero-order valence-corrected chi connectivity index (χ0v) is 14.3. The average molecular weight is 343 g/mol. The number of nitriles is 1. The average Bonchev–Trinajstić information content (AvgIpc) is 3.19. The maximum absolute atomic E-state index is 12.0. The molecule has 0 spiro atoms. The molecule has 3 rings (SSSR count). The number of aromatic nitrogens is 3. The van der Waals surface area contributed by atoms with Crippen molar-refractivity contribution in [3.05, 3.63) is 24.2 Å². The van der Waals surface area contributed by atoms with Crippen molar-refractivity contribution in [2.75, 3.05) is 11.9 Å². The molecule has 0 aliphatic carbocycles. The molecule has 0 saturated carbocycles. The van der Waals surface area contributed by atoms with Crippen LogP contribution in [0.2, 0.25) is 0 Å². The highest BCUT2D eigenvalue weighted by Gasteiger charge is 2.44. The number of carbonyl (C=O) groups excluding carboxylic acids is 1. The first-order chi connectivity index (χ1) is 12.0. The van der Waals surface area contributed by atoms with Crippen molar-refractivity contribution in [3.63, 3.8) is 0 Å². The topological polar surface area (TPSA) is 113 Å². The summed E-state index contributed by atoms with van der Waals surface area (Å²) in [5, 5.41) is 26.0. The molecule has 1 saturated heterocycles. The molecule has 8 nitrogen and oxygen atoms in total. The molecule has 25 heavy (non-hydrogen) atoms. The Morgan fingerprint density at radius 2 is 2.40 bits per heavy atom. The third-order valence-electron chi connectivity index (χ3n) is 4.29. The fourth-order valence-corrected chi connectivity index (χ4v) is 3.11. The summed E-state index contributed by atoms with van der Waals surface area (Å²) in [5.41, 5.74) is 0.0101. The van der Waals surface area contributed by atoms with E-state index in [1.165, 1.54) is 6.33 Å². The molecule has 1 aliphatic heterocycles. The maximum Gasteiger partial charge on any atom is 0.225 e. The molecule has 1 amide bonds. The van der Waals surface area contributed by atoms with Crippen LogP contribution in [0.1, 0.15) is 38.8 Å². The molecule has 2 aromatic heterocycles. The highest BCUT2D eigenvalue weighted by Crippen LogP contribution is 2.39. The van der Waals surface area contributed by atoms with Crippen LogP contribution < -0.4 is 5.32 Å². The molecular formula is C17H21N5O3. The summed E-state index contributed by atoms with van der Waals surface area (Å²) in [6, 6.07) is 5.73. The number of aliphatic hydroxyl groups is 1. The molecule has 2 aromatic rings. The van der Waals surface area contributed by atoms with Gasteiger partial charge in [0.15, 0.2) is 11.4 Å². The van der Waals surface area contributed by atoms with E-state index in [4.69, 9.17) is 4.74 Å². The summed E-state index contributed by atoms with van der Waals surface area (Å²) in [6.07, 6.45) is 2.44. The number of fused-ring (bicyclic) bond motifs is 1. The molecule has 0 bridgehead atoms. The Balaban J connectivity index is 1.96. The zero-order valence-electron chi connectivity index (χ0n) is 14.3. The molecular weight excluding hydrogens is 322 g/mol. The Morgan fingerprint density at radius 3 is 3.04 bits per heavy atom. The van der Waals surface area contributed by atoms with E-state index in [0.717, 1.165) is 0 Å². The first-order valence-corrected chi connectivity index (χ1v) is 8.32. The van der Waals surface area contributed by atoms with Gasteiger partial charge in [0.1, 0.15) is 17.9 Å². The Kier molecular flexibility index (Phi) is 4.70. The van der Waals surface area contributed by atoms with Gasteiger partial charge in [-0.2, -0.15) is 10.4 Å². The Bertz CT molecular complexity index is 825. The summed E-state index contributed by atoms with van der Waals surface area (Å²) in [7, 11) is 0.